The Bertz CT molecular complexity index is 328. The van der Waals surface area contributed by atoms with Crippen LogP contribution in [0.2, 0.25) is 0 Å². The summed E-state index contributed by atoms with van der Waals surface area (Å²) in [5.41, 5.74) is 0.421. The standard InChI is InChI=1S/C11H12F3N.ClH/c12-11(13,14)10-3-1-8(2-4-10)9-5-6-15-7-9;/h1-4,9,15H,5-7H2;1H/t9-;/m0./s1. The van der Waals surface area contributed by atoms with Gasteiger partial charge in [-0.15, -0.1) is 12.4 Å². The van der Waals surface area contributed by atoms with Crippen LogP contribution in [-0.4, -0.2) is 13.1 Å². The van der Waals surface area contributed by atoms with Gasteiger partial charge in [-0.2, -0.15) is 13.2 Å². The minimum atomic E-state index is -4.23. The Labute approximate surface area is 98.4 Å². The maximum atomic E-state index is 12.3. The predicted octanol–water partition coefficient (Wildman–Crippen LogP) is 3.20. The van der Waals surface area contributed by atoms with Crippen molar-refractivity contribution in [1.29, 1.82) is 0 Å². The molecule has 1 aromatic carbocycles. The minimum Gasteiger partial charge on any atom is -0.316 e. The van der Waals surface area contributed by atoms with Crippen molar-refractivity contribution in [2.45, 2.75) is 18.5 Å². The lowest BCUT2D eigenvalue weighted by atomic mass is 9.97. The number of benzene rings is 1. The summed E-state index contributed by atoms with van der Waals surface area (Å²) >= 11 is 0. The molecule has 90 valence electrons. The van der Waals surface area contributed by atoms with Gasteiger partial charge in [0.05, 0.1) is 5.56 Å². The Morgan fingerprint density at radius 2 is 1.75 bits per heavy atom. The van der Waals surface area contributed by atoms with Crippen molar-refractivity contribution in [2.75, 3.05) is 13.1 Å². The van der Waals surface area contributed by atoms with Gasteiger partial charge in [-0.1, -0.05) is 12.1 Å². The summed E-state index contributed by atoms with van der Waals surface area (Å²) in [5.74, 6) is 0.368. The molecule has 1 aliphatic heterocycles. The van der Waals surface area contributed by atoms with Crippen LogP contribution in [0.4, 0.5) is 13.2 Å². The average Bonchev–Trinajstić information content (AvgIpc) is 2.69. The molecule has 1 N–H and O–H groups in total. The zero-order valence-corrected chi connectivity index (χ0v) is 9.37. The van der Waals surface area contributed by atoms with Crippen LogP contribution >= 0.6 is 12.4 Å². The third-order valence-electron chi connectivity index (χ3n) is 2.77. The van der Waals surface area contributed by atoms with Crippen molar-refractivity contribution in [3.63, 3.8) is 0 Å². The summed E-state index contributed by atoms with van der Waals surface area (Å²) < 4.78 is 36.9. The van der Waals surface area contributed by atoms with E-state index in [2.05, 4.69) is 5.32 Å². The zero-order chi connectivity index (χ0) is 10.9. The summed E-state index contributed by atoms with van der Waals surface area (Å²) in [5, 5.41) is 3.19. The van der Waals surface area contributed by atoms with Crippen LogP contribution in [0.3, 0.4) is 0 Å². The molecule has 0 unspecified atom stereocenters. The van der Waals surface area contributed by atoms with Crippen LogP contribution in [0.1, 0.15) is 23.5 Å². The van der Waals surface area contributed by atoms with Gasteiger partial charge in [0.1, 0.15) is 0 Å². The molecule has 0 saturated carbocycles. The van der Waals surface area contributed by atoms with Crippen molar-refractivity contribution in [3.8, 4) is 0 Å². The first kappa shape index (κ1) is 13.3. The molecular weight excluding hydrogens is 239 g/mol. The second kappa shape index (κ2) is 5.06. The largest absolute Gasteiger partial charge is 0.416 e. The van der Waals surface area contributed by atoms with Crippen molar-refractivity contribution < 1.29 is 13.2 Å². The highest BCUT2D eigenvalue weighted by molar-refractivity contribution is 5.85. The first-order valence-electron chi connectivity index (χ1n) is 4.95. The Morgan fingerprint density at radius 1 is 1.12 bits per heavy atom. The molecule has 1 saturated heterocycles. The van der Waals surface area contributed by atoms with E-state index in [4.69, 9.17) is 0 Å². The quantitative estimate of drug-likeness (QED) is 0.808. The molecule has 2 rings (SSSR count). The molecule has 1 heterocycles. The lowest BCUT2D eigenvalue weighted by molar-refractivity contribution is -0.137. The normalized spacial score (nSPS) is 20.6. The van der Waals surface area contributed by atoms with E-state index in [-0.39, 0.29) is 12.4 Å². The molecule has 0 spiro atoms. The monoisotopic (exact) mass is 251 g/mol. The molecule has 16 heavy (non-hydrogen) atoms. The van der Waals surface area contributed by atoms with Gasteiger partial charge >= 0.3 is 6.18 Å². The van der Waals surface area contributed by atoms with Gasteiger partial charge in [-0.05, 0) is 36.6 Å². The molecule has 0 radical (unpaired) electrons. The first-order valence-corrected chi connectivity index (χ1v) is 4.95. The number of nitrogens with one attached hydrogen (secondary N) is 1. The molecule has 0 aromatic heterocycles. The fourth-order valence-corrected chi connectivity index (χ4v) is 1.88. The summed E-state index contributed by atoms with van der Waals surface area (Å²) in [4.78, 5) is 0. The van der Waals surface area contributed by atoms with E-state index in [1.54, 1.807) is 12.1 Å². The van der Waals surface area contributed by atoms with Gasteiger partial charge in [0.15, 0.2) is 0 Å². The van der Waals surface area contributed by atoms with Gasteiger partial charge in [-0.25, -0.2) is 0 Å². The first-order chi connectivity index (χ1) is 7.07. The van der Waals surface area contributed by atoms with Crippen LogP contribution < -0.4 is 5.32 Å². The SMILES string of the molecule is Cl.FC(F)(F)c1ccc([C@H]2CCNC2)cc1. The maximum absolute atomic E-state index is 12.3. The van der Waals surface area contributed by atoms with Crippen LogP contribution in [0.5, 0.6) is 0 Å². The van der Waals surface area contributed by atoms with E-state index in [1.165, 1.54) is 0 Å². The van der Waals surface area contributed by atoms with Crippen LogP contribution in [-0.2, 0) is 6.18 Å². The molecule has 0 aliphatic carbocycles. The second-order valence-electron chi connectivity index (χ2n) is 3.81. The molecular formula is C11H13ClF3N. The van der Waals surface area contributed by atoms with Crippen molar-refractivity contribution in [2.24, 2.45) is 0 Å². The predicted molar refractivity (Wildman–Crippen MR) is 58.9 cm³/mol. The van der Waals surface area contributed by atoms with Gasteiger partial charge in [-0.3, -0.25) is 0 Å². The second-order valence-corrected chi connectivity index (χ2v) is 3.81. The Kier molecular flexibility index (Phi) is 4.21. The number of alkyl halides is 3. The van der Waals surface area contributed by atoms with Gasteiger partial charge in [0, 0.05) is 6.54 Å². The molecule has 0 amide bonds. The number of rotatable bonds is 1. The van der Waals surface area contributed by atoms with Crippen molar-refractivity contribution in [1.82, 2.24) is 5.32 Å². The molecule has 1 aliphatic rings. The third kappa shape index (κ3) is 2.89. The number of hydrogen-bond donors (Lipinski definition) is 1. The van der Waals surface area contributed by atoms with E-state index >= 15 is 0 Å². The average molecular weight is 252 g/mol. The minimum absolute atomic E-state index is 0. The van der Waals surface area contributed by atoms with Crippen LogP contribution in [0.25, 0.3) is 0 Å². The highest BCUT2D eigenvalue weighted by Crippen LogP contribution is 2.31. The highest BCUT2D eigenvalue weighted by Gasteiger charge is 2.30. The summed E-state index contributed by atoms with van der Waals surface area (Å²) in [6.07, 6.45) is -3.22. The highest BCUT2D eigenvalue weighted by atomic mass is 35.5. The fourth-order valence-electron chi connectivity index (χ4n) is 1.88. The molecule has 0 bridgehead atoms. The third-order valence-corrected chi connectivity index (χ3v) is 2.77. The maximum Gasteiger partial charge on any atom is 0.416 e. The topological polar surface area (TPSA) is 12.0 Å². The van der Waals surface area contributed by atoms with Crippen molar-refractivity contribution in [3.05, 3.63) is 35.4 Å². The lowest BCUT2D eigenvalue weighted by Crippen LogP contribution is -2.09. The molecule has 1 aromatic rings. The fraction of sp³-hybridized carbons (Fsp3) is 0.455. The summed E-state index contributed by atoms with van der Waals surface area (Å²) in [7, 11) is 0. The van der Waals surface area contributed by atoms with Gasteiger partial charge < -0.3 is 5.32 Å². The Hall–Kier alpha value is -0.740. The van der Waals surface area contributed by atoms with E-state index in [0.29, 0.717) is 5.92 Å². The molecule has 1 atom stereocenters. The number of halogens is 4. The van der Waals surface area contributed by atoms with Gasteiger partial charge in [0.2, 0.25) is 0 Å². The summed E-state index contributed by atoms with van der Waals surface area (Å²) in [6, 6.07) is 5.49. The van der Waals surface area contributed by atoms with E-state index < -0.39 is 11.7 Å². The van der Waals surface area contributed by atoms with E-state index in [9.17, 15) is 13.2 Å². The Morgan fingerprint density at radius 3 is 2.19 bits per heavy atom. The number of hydrogen-bond acceptors (Lipinski definition) is 1. The van der Waals surface area contributed by atoms with Crippen molar-refractivity contribution >= 4 is 12.4 Å². The molecule has 1 fully saturated rings. The van der Waals surface area contributed by atoms with Crippen LogP contribution in [0.15, 0.2) is 24.3 Å². The summed E-state index contributed by atoms with van der Waals surface area (Å²) in [6.45, 7) is 1.82. The smallest absolute Gasteiger partial charge is 0.316 e. The van der Waals surface area contributed by atoms with E-state index in [1.807, 2.05) is 0 Å². The lowest BCUT2D eigenvalue weighted by Gasteiger charge is -2.11. The zero-order valence-electron chi connectivity index (χ0n) is 8.55. The van der Waals surface area contributed by atoms with Gasteiger partial charge in [0.25, 0.3) is 0 Å². The molecule has 5 heteroatoms. The van der Waals surface area contributed by atoms with Crippen LogP contribution in [0, 0.1) is 0 Å². The van der Waals surface area contributed by atoms with E-state index in [0.717, 1.165) is 37.2 Å². The Balaban J connectivity index is 0.00000128. The molecule has 1 nitrogen and oxygen atoms in total.